The monoisotopic (exact) mass is 1510 g/mol. The highest BCUT2D eigenvalue weighted by Gasteiger charge is 2.59. The van der Waals surface area contributed by atoms with Crippen molar-refractivity contribution in [1.29, 1.82) is 0 Å². The molecule has 28 nitrogen and oxygen atoms in total. The second-order valence-electron chi connectivity index (χ2n) is 26.5. The van der Waals surface area contributed by atoms with E-state index in [1.165, 1.54) is 63.5 Å². The number of halogens is 14. The molecule has 0 spiro atoms. The van der Waals surface area contributed by atoms with Crippen LogP contribution in [0.4, 0.5) is 86.2 Å². The molecule has 6 aliphatic rings. The Kier molecular flexibility index (Phi) is 17.9. The summed E-state index contributed by atoms with van der Waals surface area (Å²) in [7, 11) is 0. The predicted octanol–water partition coefficient (Wildman–Crippen LogP) is 8.99. The normalized spacial score (nSPS) is 19.9. The van der Waals surface area contributed by atoms with Gasteiger partial charge in [0.25, 0.3) is 0 Å². The average Bonchev–Trinajstić information content (AvgIpc) is 1.59. The highest BCUT2D eigenvalue weighted by Crippen LogP contribution is 2.47. The fraction of sp³-hybridized carbons (Fsp3) is 0.422. The van der Waals surface area contributed by atoms with Crippen LogP contribution in [0.3, 0.4) is 0 Å². The molecule has 3 saturated carbocycles. The maximum absolute atomic E-state index is 13.6. The molecule has 9 aromatic rings. The molecule has 42 heteroatoms. The third kappa shape index (κ3) is 13.3. The van der Waals surface area contributed by atoms with Crippen molar-refractivity contribution in [3.8, 4) is 34.6 Å². The van der Waals surface area contributed by atoms with Gasteiger partial charge in [-0.1, -0.05) is 11.6 Å². The summed E-state index contributed by atoms with van der Waals surface area (Å²) in [6.45, 7) is 3.94. The van der Waals surface area contributed by atoms with Gasteiger partial charge in [-0.25, -0.2) is 49.2 Å². The Hall–Kier alpha value is -11.0. The maximum Gasteiger partial charge on any atom is 0.453 e. The van der Waals surface area contributed by atoms with Crippen molar-refractivity contribution in [2.24, 2.45) is 0 Å². The van der Waals surface area contributed by atoms with Crippen LogP contribution in [-0.2, 0) is 64.6 Å². The van der Waals surface area contributed by atoms with Crippen molar-refractivity contribution < 1.29 is 85.8 Å². The highest BCUT2D eigenvalue weighted by molar-refractivity contribution is 6.31. The number of amides is 6. The van der Waals surface area contributed by atoms with Crippen molar-refractivity contribution in [3.63, 3.8) is 0 Å². The van der Waals surface area contributed by atoms with Gasteiger partial charge in [0.2, 0.25) is 35.4 Å². The minimum atomic E-state index is -5.71. The number of hydrogen-bond donors (Lipinski definition) is 8. The summed E-state index contributed by atoms with van der Waals surface area (Å²) in [5.41, 5.74) is 9.10. The van der Waals surface area contributed by atoms with E-state index < -0.39 is 121 Å². The number of aromatic nitrogens is 14. The number of anilines is 5. The quantitative estimate of drug-likeness (QED) is 0.0311. The number of nitrogens with two attached hydrogens (primary N) is 2. The lowest BCUT2D eigenvalue weighted by Gasteiger charge is -2.22. The summed E-state index contributed by atoms with van der Waals surface area (Å²) in [4.78, 5) is 111. The molecular formula is C64H58ClF13N22O6. The van der Waals surface area contributed by atoms with Crippen LogP contribution in [0, 0.1) is 6.92 Å². The molecule has 3 fully saturated rings. The predicted molar refractivity (Wildman–Crippen MR) is 350 cm³/mol. The molecule has 3 atom stereocenters. The maximum atomic E-state index is 13.6. The number of nitrogen functional groups attached to an aromatic ring is 2. The SMILES string of the molecule is CC1(C(=O)NC2CC2)C(=O)Nc2nc(-c3nn(CCC(F)(F)F)c4ncccc34)nc(N)c21.C[C@@]1(C(=O)NC2CC2)C(=O)Nc2nc(-c3nn(CCC(F)(F)C(F)(F)F)c4ncccc34)nc(N)c21.Cc1nc(-c2nn(CCC(F)(F)C(F)(F)F)c3cc(Cl)ccc23)nc2c1C(C)(C(=O)NC1CC1)C(=O)N2. The van der Waals surface area contributed by atoms with Crippen molar-refractivity contribution in [3.05, 3.63) is 82.3 Å². The fourth-order valence-corrected chi connectivity index (χ4v) is 12.4. The van der Waals surface area contributed by atoms with Gasteiger partial charge in [0.1, 0.15) is 46.2 Å². The number of nitrogens with zero attached hydrogens (tertiary/aromatic N) is 14. The molecule has 558 valence electrons. The average molecular weight is 1510 g/mol. The van der Waals surface area contributed by atoms with E-state index in [0.717, 1.165) is 52.6 Å². The van der Waals surface area contributed by atoms with E-state index in [-0.39, 0.29) is 120 Å². The minimum absolute atomic E-state index is 0.00200. The Labute approximate surface area is 592 Å². The number of fused-ring (bicyclic) bond motifs is 6. The van der Waals surface area contributed by atoms with Crippen LogP contribution in [0.2, 0.25) is 5.02 Å². The Balaban J connectivity index is 0.000000141. The third-order valence-corrected chi connectivity index (χ3v) is 18.9. The number of pyridine rings is 2. The third-order valence-electron chi connectivity index (χ3n) is 18.7. The molecule has 3 aliphatic carbocycles. The van der Waals surface area contributed by atoms with Gasteiger partial charge < -0.3 is 43.4 Å². The first kappa shape index (κ1) is 73.3. The second kappa shape index (κ2) is 25.9. The van der Waals surface area contributed by atoms with Gasteiger partial charge in [-0.15, -0.1) is 0 Å². The van der Waals surface area contributed by atoms with E-state index in [4.69, 9.17) is 23.1 Å². The Morgan fingerprint density at radius 2 is 0.868 bits per heavy atom. The zero-order valence-electron chi connectivity index (χ0n) is 55.6. The molecule has 8 aromatic heterocycles. The van der Waals surface area contributed by atoms with E-state index in [0.29, 0.717) is 22.0 Å². The van der Waals surface area contributed by atoms with Crippen LogP contribution in [0.1, 0.15) is 101 Å². The number of hydrogen-bond acceptors (Lipinski definition) is 19. The number of rotatable bonds is 17. The minimum Gasteiger partial charge on any atom is -0.383 e. The number of carbonyl (C=O) groups excluding carboxylic acids is 6. The van der Waals surface area contributed by atoms with Crippen LogP contribution < -0.4 is 43.4 Å². The molecule has 3 aliphatic heterocycles. The van der Waals surface area contributed by atoms with E-state index >= 15 is 0 Å². The first-order valence-corrected chi connectivity index (χ1v) is 32.9. The van der Waals surface area contributed by atoms with Gasteiger partial charge in [-0.3, -0.25) is 33.4 Å². The molecule has 106 heavy (non-hydrogen) atoms. The van der Waals surface area contributed by atoms with Crippen LogP contribution in [-0.4, -0.2) is 153 Å². The van der Waals surface area contributed by atoms with Crippen LogP contribution in [0.25, 0.3) is 67.5 Å². The number of nitrogens with one attached hydrogen (secondary N) is 6. The van der Waals surface area contributed by atoms with E-state index in [1.807, 2.05) is 0 Å². The Morgan fingerprint density at radius 3 is 1.26 bits per heavy atom. The molecular weight excluding hydrogens is 1460 g/mol. The van der Waals surface area contributed by atoms with Gasteiger partial charge >= 0.3 is 30.4 Å². The molecule has 1 aromatic carbocycles. The molecule has 0 radical (unpaired) electrons. The summed E-state index contributed by atoms with van der Waals surface area (Å²) in [5, 5.41) is 30.0. The van der Waals surface area contributed by atoms with Gasteiger partial charge in [0.05, 0.1) is 40.4 Å². The number of aryl methyl sites for hydroxylation is 4. The molecule has 0 saturated heterocycles. The number of alkyl halides is 13. The number of carbonyl (C=O) groups is 6. The number of benzene rings is 1. The molecule has 2 unspecified atom stereocenters. The first-order chi connectivity index (χ1) is 49.6. The van der Waals surface area contributed by atoms with Gasteiger partial charge in [0, 0.05) is 78.1 Å². The van der Waals surface area contributed by atoms with E-state index in [2.05, 4.69) is 87.1 Å². The Morgan fingerprint density at radius 1 is 0.509 bits per heavy atom. The Bertz CT molecular complexity index is 5150. The van der Waals surface area contributed by atoms with Crippen LogP contribution in [0.15, 0.2) is 54.9 Å². The summed E-state index contributed by atoms with van der Waals surface area (Å²) in [6.07, 6.45) is -12.2. The largest absolute Gasteiger partial charge is 0.453 e. The fourth-order valence-electron chi connectivity index (χ4n) is 12.2. The standard InChI is InChI=1S/C23H20ClF5N6O2.C21H19F5N8O2.C20H19F3N8O2/c1-10-15-17(33-20(37)21(15,2)19(36)31-12-4-5-12)32-18(30-10)16-13-6-3-11(24)9-14(13)35(34-16)8-7-22(25,26)23(27,28)29;1-19(17(35)29-9-4-5-9)11-13(27)30-15(31-14(11)32-18(19)36)12-10-3-2-7-28-16(10)34(33-12)8-6-20(22,23)21(24,25)26;1-19(17(32)26-9-4-5-9)11-13(24)27-15(28-14(11)29-18(19)33)12-10-3-2-7-25-16(10)31(30-12)8-6-20(21,22)23/h3,6,9,12H,4-5,7-8H2,1-2H3,(H,31,36)(H,30,32,33,37);2-3,7,9H,4-6,8H2,1H3,(H,29,35)(H3,27,30,31,32,36);2-3,7,9H,4-6,8H2,1H3,(H,26,32)(H3,24,27,28,29,33)/t;19-;/m.1./s1. The molecule has 10 N–H and O–H groups in total. The summed E-state index contributed by atoms with van der Waals surface area (Å²) in [6, 6.07) is 10.7. The summed E-state index contributed by atoms with van der Waals surface area (Å²) >= 11 is 6.04. The van der Waals surface area contributed by atoms with Gasteiger partial charge in [0.15, 0.2) is 45.0 Å². The van der Waals surface area contributed by atoms with Gasteiger partial charge in [-0.05, 0) is 109 Å². The van der Waals surface area contributed by atoms with Crippen molar-refractivity contribution in [2.45, 2.75) is 170 Å². The highest BCUT2D eigenvalue weighted by atomic mass is 35.5. The van der Waals surface area contributed by atoms with E-state index in [1.54, 1.807) is 19.1 Å². The van der Waals surface area contributed by atoms with Crippen molar-refractivity contribution in [2.75, 3.05) is 27.4 Å². The van der Waals surface area contributed by atoms with Crippen molar-refractivity contribution in [1.82, 2.24) is 85.2 Å². The zero-order chi connectivity index (χ0) is 76.5. The lowest BCUT2D eigenvalue weighted by Crippen LogP contribution is -2.48. The van der Waals surface area contributed by atoms with Crippen molar-refractivity contribution >= 4 is 109 Å². The first-order valence-electron chi connectivity index (χ1n) is 32.5. The van der Waals surface area contributed by atoms with Crippen LogP contribution in [0.5, 0.6) is 0 Å². The molecule has 0 bridgehead atoms. The smallest absolute Gasteiger partial charge is 0.383 e. The lowest BCUT2D eigenvalue weighted by molar-refractivity contribution is -0.285. The molecule has 15 rings (SSSR count). The topological polar surface area (TPSA) is 383 Å². The van der Waals surface area contributed by atoms with Crippen LogP contribution >= 0.6 is 11.6 Å². The van der Waals surface area contributed by atoms with Gasteiger partial charge in [-0.2, -0.15) is 72.4 Å². The molecule has 11 heterocycles. The zero-order valence-corrected chi connectivity index (χ0v) is 56.3. The molecule has 6 amide bonds. The second-order valence-corrected chi connectivity index (χ2v) is 27.0. The summed E-state index contributed by atoms with van der Waals surface area (Å²) < 4.78 is 171. The lowest BCUT2D eigenvalue weighted by atomic mass is 9.82. The summed E-state index contributed by atoms with van der Waals surface area (Å²) in [5.74, 6) is -13.4. The van der Waals surface area contributed by atoms with E-state index in [9.17, 15) is 85.8 Å².